The number of hydrogen-bond donors (Lipinski definition) is 0. The predicted molar refractivity (Wildman–Crippen MR) is 56.7 cm³/mol. The molecule has 0 aliphatic heterocycles. The standard InChI is InChI=1S/C11H18O5/c1-7(12)6-9(15-8(2)13)10(14)16-11(3,4)5/h9H,6H2,1-5H3/t9-/m1/s1. The Kier molecular flexibility index (Phi) is 5.14. The summed E-state index contributed by atoms with van der Waals surface area (Å²) in [7, 11) is 0. The summed E-state index contributed by atoms with van der Waals surface area (Å²) in [4.78, 5) is 33.2. The van der Waals surface area contributed by atoms with Crippen molar-refractivity contribution >= 4 is 17.7 Å². The summed E-state index contributed by atoms with van der Waals surface area (Å²) in [6.45, 7) is 7.59. The fraction of sp³-hybridized carbons (Fsp3) is 0.727. The highest BCUT2D eigenvalue weighted by Crippen LogP contribution is 2.12. The molecule has 92 valence electrons. The fourth-order valence-electron chi connectivity index (χ4n) is 1.00. The largest absolute Gasteiger partial charge is 0.457 e. The van der Waals surface area contributed by atoms with Crippen LogP contribution >= 0.6 is 0 Å². The van der Waals surface area contributed by atoms with Crippen LogP contribution in [0, 0.1) is 0 Å². The van der Waals surface area contributed by atoms with E-state index in [4.69, 9.17) is 9.47 Å². The van der Waals surface area contributed by atoms with E-state index in [1.165, 1.54) is 13.8 Å². The average molecular weight is 230 g/mol. The van der Waals surface area contributed by atoms with Gasteiger partial charge in [0.05, 0.1) is 6.42 Å². The van der Waals surface area contributed by atoms with Gasteiger partial charge in [0.1, 0.15) is 11.4 Å². The van der Waals surface area contributed by atoms with E-state index in [2.05, 4.69) is 0 Å². The van der Waals surface area contributed by atoms with Crippen LogP contribution in [-0.2, 0) is 23.9 Å². The molecule has 0 bridgehead atoms. The summed E-state index contributed by atoms with van der Waals surface area (Å²) in [6, 6.07) is 0. The molecule has 1 atom stereocenters. The topological polar surface area (TPSA) is 69.7 Å². The Bertz CT molecular complexity index is 271. The molecule has 0 radical (unpaired) electrons. The molecule has 0 fully saturated rings. The first-order valence-corrected chi connectivity index (χ1v) is 5.01. The molecule has 0 saturated carbocycles. The minimum Gasteiger partial charge on any atom is -0.457 e. The number of Topliss-reactive ketones (excluding diaryl/α,β-unsaturated/α-hetero) is 1. The smallest absolute Gasteiger partial charge is 0.348 e. The van der Waals surface area contributed by atoms with Crippen molar-refractivity contribution in [2.75, 3.05) is 0 Å². The Balaban J connectivity index is 4.56. The SMILES string of the molecule is CC(=O)C[C@@H](OC(C)=O)C(=O)OC(C)(C)C. The maximum absolute atomic E-state index is 11.6. The molecular weight excluding hydrogens is 212 g/mol. The zero-order chi connectivity index (χ0) is 12.9. The minimum atomic E-state index is -1.14. The van der Waals surface area contributed by atoms with E-state index < -0.39 is 23.6 Å². The predicted octanol–water partition coefficient (Wildman–Crippen LogP) is 1.24. The lowest BCUT2D eigenvalue weighted by Gasteiger charge is -2.23. The molecule has 5 heteroatoms. The van der Waals surface area contributed by atoms with Gasteiger partial charge in [-0.2, -0.15) is 0 Å². The van der Waals surface area contributed by atoms with Crippen LogP contribution in [0.25, 0.3) is 0 Å². The van der Waals surface area contributed by atoms with Crippen molar-refractivity contribution in [2.24, 2.45) is 0 Å². The van der Waals surface area contributed by atoms with Gasteiger partial charge in [0, 0.05) is 6.92 Å². The second-order valence-corrected chi connectivity index (χ2v) is 4.54. The molecule has 0 saturated heterocycles. The molecular formula is C11H18O5. The second kappa shape index (κ2) is 5.63. The Labute approximate surface area is 95.1 Å². The van der Waals surface area contributed by atoms with Gasteiger partial charge < -0.3 is 9.47 Å². The van der Waals surface area contributed by atoms with Crippen molar-refractivity contribution in [3.63, 3.8) is 0 Å². The van der Waals surface area contributed by atoms with E-state index in [-0.39, 0.29) is 12.2 Å². The van der Waals surface area contributed by atoms with Gasteiger partial charge in [-0.3, -0.25) is 9.59 Å². The van der Waals surface area contributed by atoms with Crippen LogP contribution in [0.2, 0.25) is 0 Å². The van der Waals surface area contributed by atoms with Crippen molar-refractivity contribution < 1.29 is 23.9 Å². The fourth-order valence-corrected chi connectivity index (χ4v) is 1.00. The first kappa shape index (κ1) is 14.6. The molecule has 0 spiro atoms. The van der Waals surface area contributed by atoms with E-state index in [9.17, 15) is 14.4 Å². The number of esters is 2. The summed E-state index contributed by atoms with van der Waals surface area (Å²) in [5.74, 6) is -1.55. The summed E-state index contributed by atoms with van der Waals surface area (Å²) in [5, 5.41) is 0. The number of carbonyl (C=O) groups is 3. The molecule has 0 heterocycles. The lowest BCUT2D eigenvalue weighted by atomic mass is 10.1. The van der Waals surface area contributed by atoms with Crippen molar-refractivity contribution in [3.05, 3.63) is 0 Å². The monoisotopic (exact) mass is 230 g/mol. The minimum absolute atomic E-state index is 0.158. The number of hydrogen-bond acceptors (Lipinski definition) is 5. The highest BCUT2D eigenvalue weighted by molar-refractivity contribution is 5.86. The van der Waals surface area contributed by atoms with Crippen molar-refractivity contribution in [3.8, 4) is 0 Å². The quantitative estimate of drug-likeness (QED) is 0.679. The number of ether oxygens (including phenoxy) is 2. The van der Waals surface area contributed by atoms with Crippen molar-refractivity contribution in [1.29, 1.82) is 0 Å². The highest BCUT2D eigenvalue weighted by Gasteiger charge is 2.28. The Morgan fingerprint density at radius 1 is 1.12 bits per heavy atom. The van der Waals surface area contributed by atoms with Crippen LogP contribution in [0.3, 0.4) is 0 Å². The molecule has 0 aliphatic rings. The van der Waals surface area contributed by atoms with Crippen LogP contribution < -0.4 is 0 Å². The third-order valence-corrected chi connectivity index (χ3v) is 1.45. The first-order valence-electron chi connectivity index (χ1n) is 5.01. The number of carbonyl (C=O) groups excluding carboxylic acids is 3. The zero-order valence-corrected chi connectivity index (χ0v) is 10.3. The van der Waals surface area contributed by atoms with Gasteiger partial charge >= 0.3 is 11.9 Å². The van der Waals surface area contributed by atoms with Gasteiger partial charge in [-0.05, 0) is 27.7 Å². The Morgan fingerprint density at radius 3 is 1.94 bits per heavy atom. The molecule has 5 nitrogen and oxygen atoms in total. The summed E-state index contributed by atoms with van der Waals surface area (Å²) < 4.78 is 9.77. The summed E-state index contributed by atoms with van der Waals surface area (Å²) in [5.41, 5.74) is -0.674. The third-order valence-electron chi connectivity index (χ3n) is 1.45. The van der Waals surface area contributed by atoms with E-state index in [0.29, 0.717) is 0 Å². The maximum atomic E-state index is 11.6. The lowest BCUT2D eigenvalue weighted by Crippen LogP contribution is -2.35. The maximum Gasteiger partial charge on any atom is 0.348 e. The van der Waals surface area contributed by atoms with Crippen molar-refractivity contribution in [2.45, 2.75) is 52.7 Å². The van der Waals surface area contributed by atoms with Gasteiger partial charge in [0.25, 0.3) is 0 Å². The van der Waals surface area contributed by atoms with Gasteiger partial charge in [-0.1, -0.05) is 0 Å². The van der Waals surface area contributed by atoms with Gasteiger partial charge in [0.2, 0.25) is 6.10 Å². The van der Waals surface area contributed by atoms with E-state index in [1.807, 2.05) is 0 Å². The Morgan fingerprint density at radius 2 is 1.62 bits per heavy atom. The molecule has 0 unspecified atom stereocenters. The van der Waals surface area contributed by atoms with Crippen LogP contribution in [0.4, 0.5) is 0 Å². The van der Waals surface area contributed by atoms with Crippen molar-refractivity contribution in [1.82, 2.24) is 0 Å². The molecule has 0 aliphatic carbocycles. The number of ketones is 1. The molecule has 16 heavy (non-hydrogen) atoms. The normalized spacial score (nSPS) is 12.8. The van der Waals surface area contributed by atoms with E-state index >= 15 is 0 Å². The number of rotatable bonds is 4. The molecule has 0 rings (SSSR count). The Hall–Kier alpha value is -1.39. The third kappa shape index (κ3) is 6.98. The molecule has 0 aromatic rings. The zero-order valence-electron chi connectivity index (χ0n) is 10.3. The molecule has 0 amide bonds. The first-order chi connectivity index (χ1) is 7.11. The van der Waals surface area contributed by atoms with Gasteiger partial charge in [-0.15, -0.1) is 0 Å². The highest BCUT2D eigenvalue weighted by atomic mass is 16.6. The van der Waals surface area contributed by atoms with E-state index in [1.54, 1.807) is 20.8 Å². The molecule has 0 N–H and O–H groups in total. The van der Waals surface area contributed by atoms with Crippen LogP contribution in [0.15, 0.2) is 0 Å². The summed E-state index contributed by atoms with van der Waals surface area (Å²) >= 11 is 0. The lowest BCUT2D eigenvalue weighted by molar-refractivity contribution is -0.175. The average Bonchev–Trinajstić information content (AvgIpc) is 1.97. The molecule has 0 aromatic heterocycles. The second-order valence-electron chi connectivity index (χ2n) is 4.54. The van der Waals surface area contributed by atoms with Crippen LogP contribution in [0.5, 0.6) is 0 Å². The van der Waals surface area contributed by atoms with Gasteiger partial charge in [-0.25, -0.2) is 4.79 Å². The van der Waals surface area contributed by atoms with E-state index in [0.717, 1.165) is 0 Å². The molecule has 0 aromatic carbocycles. The summed E-state index contributed by atoms with van der Waals surface area (Å²) in [6.07, 6.45) is -1.30. The van der Waals surface area contributed by atoms with Gasteiger partial charge in [0.15, 0.2) is 0 Å². The van der Waals surface area contributed by atoms with Crippen LogP contribution in [0.1, 0.15) is 41.0 Å². The van der Waals surface area contributed by atoms with Crippen LogP contribution in [-0.4, -0.2) is 29.4 Å².